The zero-order valence-electron chi connectivity index (χ0n) is 32.6. The minimum absolute atomic E-state index is 0.0243. The first-order valence-electron chi connectivity index (χ1n) is 20.8. The third kappa shape index (κ3) is 6.82. The van der Waals surface area contributed by atoms with E-state index in [1.165, 1.54) is 0 Å². The lowest BCUT2D eigenvalue weighted by Crippen LogP contribution is -2.62. The first-order chi connectivity index (χ1) is 25.6. The van der Waals surface area contributed by atoms with Crippen molar-refractivity contribution in [2.75, 3.05) is 6.61 Å². The maximum atomic E-state index is 12.6. The van der Waals surface area contributed by atoms with Gasteiger partial charge in [0.15, 0.2) is 18.9 Å². The highest BCUT2D eigenvalue weighted by molar-refractivity contribution is 5.85. The number of cyclic esters (lactones) is 1. The van der Waals surface area contributed by atoms with E-state index in [1.807, 2.05) is 6.92 Å². The Bertz CT molecular complexity index is 1370. The van der Waals surface area contributed by atoms with Crippen molar-refractivity contribution >= 4 is 5.97 Å². The molecule has 0 radical (unpaired) electrons. The third-order valence-electron chi connectivity index (χ3n) is 15.9. The SMILES string of the molecule is C[C@H]1O[C@@H](O[C@H]2[C@@H](O)C[C@H](O[C@H]3[C@@H](O)C[C@H](O[C@H]4CC[C@@]5(C)[C@H](CC[C@@H]6[C@@H]5CC[C@]5(C)[C@@H](C7=CC(=O)OC7)CCC65O)C4)O[C@@H]3C)O[C@@H]2C)C[C@H](O)[C@@H]1O. The summed E-state index contributed by atoms with van der Waals surface area (Å²) < 4.78 is 42.2. The van der Waals surface area contributed by atoms with E-state index in [0.717, 1.165) is 63.4 Å². The highest BCUT2D eigenvalue weighted by Crippen LogP contribution is 2.70. The van der Waals surface area contributed by atoms with E-state index in [4.69, 9.17) is 33.2 Å². The standard InChI is InChI=1S/C41H64O13/c1-20-36(46)29(42)16-34(49-20)53-38-22(3)51-35(18-31(38)44)54-37-21(2)50-33(17-30(37)43)52-25-8-11-39(4)24(15-25)6-7-28-27(39)9-12-40(5)26(10-13-41(28,40)47)23-14-32(45)48-19-23/h14,20-22,24-31,33-38,42-44,46-47H,6-13,15-19H2,1-5H3/t20-,21-,22-,24-,25+,26-,27+,28-,29+,30+,31+,33+,34+,35+,36-,37-,38-,39+,40-,41?/m1/s1. The maximum Gasteiger partial charge on any atom is 0.331 e. The normalized spacial score (nSPS) is 55.0. The zero-order chi connectivity index (χ0) is 38.3. The molecular weight excluding hydrogens is 700 g/mol. The Kier molecular flexibility index (Phi) is 10.9. The molecule has 0 bridgehead atoms. The van der Waals surface area contributed by atoms with Crippen LogP contribution in [0.25, 0.3) is 0 Å². The quantitative estimate of drug-likeness (QED) is 0.188. The highest BCUT2D eigenvalue weighted by atomic mass is 16.7. The van der Waals surface area contributed by atoms with Crippen molar-refractivity contribution in [2.45, 2.75) is 197 Å². The minimum Gasteiger partial charge on any atom is -0.458 e. The van der Waals surface area contributed by atoms with Crippen LogP contribution in [0.4, 0.5) is 0 Å². The molecule has 4 aliphatic heterocycles. The van der Waals surface area contributed by atoms with Gasteiger partial charge in [-0.15, -0.1) is 0 Å². The Balaban J connectivity index is 0.826. The molecule has 0 amide bonds. The summed E-state index contributed by atoms with van der Waals surface area (Å²) in [5, 5.41) is 55.0. The third-order valence-corrected chi connectivity index (χ3v) is 15.9. The van der Waals surface area contributed by atoms with Crippen LogP contribution in [-0.2, 0) is 38.0 Å². The largest absolute Gasteiger partial charge is 0.458 e. The number of esters is 1. The molecule has 4 aliphatic carbocycles. The molecule has 1 unspecified atom stereocenters. The summed E-state index contributed by atoms with van der Waals surface area (Å²) in [7, 11) is 0. The van der Waals surface area contributed by atoms with Crippen LogP contribution in [-0.4, -0.2) is 124 Å². The molecule has 0 aromatic heterocycles. The van der Waals surface area contributed by atoms with Gasteiger partial charge in [-0.05, 0) is 113 Å². The monoisotopic (exact) mass is 764 g/mol. The first kappa shape index (κ1) is 39.6. The molecular formula is C41H64O13. The van der Waals surface area contributed by atoms with Crippen LogP contribution >= 0.6 is 0 Å². The predicted octanol–water partition coefficient (Wildman–Crippen LogP) is 3.25. The Labute approximate surface area is 319 Å². The molecule has 13 heteroatoms. The van der Waals surface area contributed by atoms with Gasteiger partial charge in [-0.3, -0.25) is 0 Å². The van der Waals surface area contributed by atoms with Crippen molar-refractivity contribution in [2.24, 2.45) is 34.5 Å². The van der Waals surface area contributed by atoms with Crippen molar-refractivity contribution in [1.29, 1.82) is 0 Å². The minimum atomic E-state index is -0.996. The molecule has 54 heavy (non-hydrogen) atoms. The van der Waals surface area contributed by atoms with Crippen LogP contribution in [0.5, 0.6) is 0 Å². The second-order valence-electron chi connectivity index (χ2n) is 18.7. The summed E-state index contributed by atoms with van der Waals surface area (Å²) in [5.74, 6) is 1.13. The van der Waals surface area contributed by atoms with Gasteiger partial charge in [0, 0.05) is 30.8 Å². The number of rotatable bonds is 7. The van der Waals surface area contributed by atoms with E-state index in [2.05, 4.69) is 13.8 Å². The average Bonchev–Trinajstić information content (AvgIpc) is 3.66. The van der Waals surface area contributed by atoms with Crippen LogP contribution in [0.2, 0.25) is 0 Å². The topological polar surface area (TPSA) is 183 Å². The molecule has 4 saturated carbocycles. The number of ether oxygens (including phenoxy) is 7. The van der Waals surface area contributed by atoms with Gasteiger partial charge in [-0.2, -0.15) is 0 Å². The van der Waals surface area contributed by atoms with Gasteiger partial charge in [0.25, 0.3) is 0 Å². The summed E-state index contributed by atoms with van der Waals surface area (Å²) in [5.41, 5.74) is 0.215. The van der Waals surface area contributed by atoms with Crippen molar-refractivity contribution in [1.82, 2.24) is 0 Å². The van der Waals surface area contributed by atoms with Crippen molar-refractivity contribution in [3.05, 3.63) is 11.6 Å². The molecule has 3 saturated heterocycles. The van der Waals surface area contributed by atoms with Crippen LogP contribution in [0, 0.1) is 34.5 Å². The molecule has 0 aromatic carbocycles. The van der Waals surface area contributed by atoms with Crippen molar-refractivity contribution < 1.29 is 63.5 Å². The lowest BCUT2D eigenvalue weighted by atomic mass is 9.43. The highest BCUT2D eigenvalue weighted by Gasteiger charge is 2.68. The predicted molar refractivity (Wildman–Crippen MR) is 191 cm³/mol. The molecule has 7 fully saturated rings. The number of aliphatic hydroxyl groups excluding tert-OH is 4. The van der Waals surface area contributed by atoms with Crippen LogP contribution < -0.4 is 0 Å². The number of carbonyl (C=O) groups excluding carboxylic acids is 1. The van der Waals surface area contributed by atoms with Gasteiger partial charge in [-0.1, -0.05) is 13.8 Å². The van der Waals surface area contributed by atoms with Gasteiger partial charge in [0.1, 0.15) is 24.9 Å². The molecule has 0 aromatic rings. The van der Waals surface area contributed by atoms with Crippen LogP contribution in [0.1, 0.15) is 112 Å². The van der Waals surface area contributed by atoms with Crippen LogP contribution in [0.3, 0.4) is 0 Å². The fourth-order valence-corrected chi connectivity index (χ4v) is 12.8. The second kappa shape index (κ2) is 14.9. The van der Waals surface area contributed by atoms with E-state index in [-0.39, 0.29) is 54.0 Å². The smallest absolute Gasteiger partial charge is 0.331 e. The molecule has 4 heterocycles. The summed E-state index contributed by atoms with van der Waals surface area (Å²) in [6.45, 7) is 10.4. The molecule has 8 aliphatic rings. The number of hydrogen-bond donors (Lipinski definition) is 5. The number of carbonyl (C=O) groups is 1. The zero-order valence-corrected chi connectivity index (χ0v) is 32.6. The molecule has 13 nitrogen and oxygen atoms in total. The summed E-state index contributed by atoms with van der Waals surface area (Å²) >= 11 is 0. The Hall–Kier alpha value is -1.23. The summed E-state index contributed by atoms with van der Waals surface area (Å²) in [4.78, 5) is 11.9. The molecule has 5 N–H and O–H groups in total. The molecule has 0 spiro atoms. The maximum absolute atomic E-state index is 12.6. The van der Waals surface area contributed by atoms with Gasteiger partial charge in [0.2, 0.25) is 0 Å². The van der Waals surface area contributed by atoms with Gasteiger partial charge < -0.3 is 58.7 Å². The first-order valence-corrected chi connectivity index (χ1v) is 20.8. The molecule has 306 valence electrons. The lowest BCUT2D eigenvalue weighted by molar-refractivity contribution is -0.336. The Morgan fingerprint density at radius 2 is 1.30 bits per heavy atom. The number of aliphatic hydroxyl groups is 5. The number of fused-ring (bicyclic) bond motifs is 5. The van der Waals surface area contributed by atoms with E-state index >= 15 is 0 Å². The second-order valence-corrected chi connectivity index (χ2v) is 18.7. The van der Waals surface area contributed by atoms with E-state index in [9.17, 15) is 30.3 Å². The average molecular weight is 765 g/mol. The fraction of sp³-hybridized carbons (Fsp3) is 0.927. The van der Waals surface area contributed by atoms with Gasteiger partial charge in [-0.25, -0.2) is 4.79 Å². The Morgan fingerprint density at radius 3 is 1.89 bits per heavy atom. The molecule has 8 rings (SSSR count). The summed E-state index contributed by atoms with van der Waals surface area (Å²) in [6.07, 6.45) is 1.90. The Morgan fingerprint density at radius 1 is 0.685 bits per heavy atom. The van der Waals surface area contributed by atoms with Gasteiger partial charge in [0.05, 0.1) is 48.3 Å². The van der Waals surface area contributed by atoms with Crippen LogP contribution in [0.15, 0.2) is 11.6 Å². The van der Waals surface area contributed by atoms with Gasteiger partial charge >= 0.3 is 5.97 Å². The van der Waals surface area contributed by atoms with E-state index in [0.29, 0.717) is 18.4 Å². The number of hydrogen-bond acceptors (Lipinski definition) is 13. The summed E-state index contributed by atoms with van der Waals surface area (Å²) in [6, 6.07) is 0. The van der Waals surface area contributed by atoms with E-state index in [1.54, 1.807) is 19.9 Å². The fourth-order valence-electron chi connectivity index (χ4n) is 12.8. The lowest BCUT2D eigenvalue weighted by Gasteiger charge is -2.64. The molecule has 20 atom stereocenters. The van der Waals surface area contributed by atoms with E-state index < -0.39 is 79.4 Å². The van der Waals surface area contributed by atoms with Crippen molar-refractivity contribution in [3.63, 3.8) is 0 Å². The van der Waals surface area contributed by atoms with Crippen molar-refractivity contribution in [3.8, 4) is 0 Å².